The molecule has 5 nitrogen and oxygen atoms in total. The first-order chi connectivity index (χ1) is 14.4. The molecule has 0 aliphatic carbocycles. The van der Waals surface area contributed by atoms with Crippen molar-refractivity contribution in [2.24, 2.45) is 5.92 Å². The van der Waals surface area contributed by atoms with Crippen LogP contribution in [0, 0.1) is 5.92 Å². The summed E-state index contributed by atoms with van der Waals surface area (Å²) in [4.78, 5) is 8.72. The van der Waals surface area contributed by atoms with E-state index in [1.807, 2.05) is 25.1 Å². The van der Waals surface area contributed by atoms with Gasteiger partial charge in [0.05, 0.1) is 29.3 Å². The van der Waals surface area contributed by atoms with Crippen molar-refractivity contribution in [2.75, 3.05) is 19.0 Å². The van der Waals surface area contributed by atoms with E-state index in [-0.39, 0.29) is 0 Å². The lowest BCUT2D eigenvalue weighted by atomic mass is 10.1. The van der Waals surface area contributed by atoms with Crippen LogP contribution in [-0.4, -0.2) is 23.7 Å². The van der Waals surface area contributed by atoms with Gasteiger partial charge in [0, 0.05) is 17.1 Å². The summed E-state index contributed by atoms with van der Waals surface area (Å²) in [5.74, 6) is 2.38. The second kappa shape index (κ2) is 11.8. The Labute approximate surface area is 188 Å². The van der Waals surface area contributed by atoms with Crippen molar-refractivity contribution in [2.45, 2.75) is 40.0 Å². The molecule has 1 aromatic carbocycles. The molecule has 0 aliphatic heterocycles. The number of hydrogen-bond acceptors (Lipinski definition) is 5. The molecule has 7 heteroatoms. The Hall–Kier alpha value is -2.24. The lowest BCUT2D eigenvalue weighted by Crippen LogP contribution is -2.10. The van der Waals surface area contributed by atoms with Crippen LogP contribution in [0.15, 0.2) is 53.0 Å². The maximum atomic E-state index is 6.23. The number of fused-ring (bicyclic) bond motifs is 1. The van der Waals surface area contributed by atoms with Gasteiger partial charge in [0.15, 0.2) is 11.5 Å². The lowest BCUT2D eigenvalue weighted by Gasteiger charge is -2.17. The number of anilines is 1. The molecule has 0 spiro atoms. The first-order valence-electron chi connectivity index (χ1n) is 10.1. The third-order valence-electron chi connectivity index (χ3n) is 4.74. The summed E-state index contributed by atoms with van der Waals surface area (Å²) in [6, 6.07) is 3.73. The summed E-state index contributed by atoms with van der Waals surface area (Å²) in [6.45, 7) is 10.9. The number of hydrogen-bond donors (Lipinski definition) is 1. The van der Waals surface area contributed by atoms with Gasteiger partial charge in [-0.1, -0.05) is 69.5 Å². The smallest absolute Gasteiger partial charge is 0.163 e. The largest absolute Gasteiger partial charge is 0.493 e. The van der Waals surface area contributed by atoms with Crippen molar-refractivity contribution in [3.8, 4) is 11.5 Å². The van der Waals surface area contributed by atoms with E-state index in [2.05, 4.69) is 35.7 Å². The van der Waals surface area contributed by atoms with Crippen LogP contribution in [0.5, 0.6) is 11.5 Å². The molecule has 1 heterocycles. The number of allylic oxidation sites excluding steroid dienone is 4. The molecule has 0 saturated carbocycles. The Morgan fingerprint density at radius 2 is 1.87 bits per heavy atom. The van der Waals surface area contributed by atoms with E-state index in [9.17, 15) is 0 Å². The minimum atomic E-state index is 0.407. The van der Waals surface area contributed by atoms with Gasteiger partial charge in [0.25, 0.3) is 0 Å². The van der Waals surface area contributed by atoms with Crippen LogP contribution in [0.2, 0.25) is 0 Å². The molecule has 2 rings (SSSR count). The fourth-order valence-corrected chi connectivity index (χ4v) is 3.27. The molecular weight excluding hydrogens is 421 g/mol. The minimum Gasteiger partial charge on any atom is -0.493 e. The number of methoxy groups -OCH3 is 1. The molecule has 1 N–H and O–H groups in total. The first kappa shape index (κ1) is 24.0. The Bertz CT molecular complexity index is 937. The Kier molecular flexibility index (Phi) is 9.47. The van der Waals surface area contributed by atoms with Gasteiger partial charge in [0.1, 0.15) is 12.1 Å². The van der Waals surface area contributed by atoms with E-state index in [0.29, 0.717) is 45.6 Å². The van der Waals surface area contributed by atoms with Gasteiger partial charge >= 0.3 is 0 Å². The van der Waals surface area contributed by atoms with E-state index >= 15 is 0 Å². The highest BCUT2D eigenvalue weighted by Gasteiger charge is 2.13. The SMILES string of the molecule is C=C(/C=C(Cl)\C(Cl)=C/CC)Nc1ncnc2cc(OCC(CC)CC)c(OC)cc12. The number of ether oxygens (including phenoxy) is 2. The molecule has 0 amide bonds. The van der Waals surface area contributed by atoms with Crippen LogP contribution in [-0.2, 0) is 0 Å². The summed E-state index contributed by atoms with van der Waals surface area (Å²) in [5, 5.41) is 4.83. The molecule has 1 aromatic heterocycles. The third kappa shape index (κ3) is 6.38. The zero-order valence-electron chi connectivity index (χ0n) is 18.0. The maximum Gasteiger partial charge on any atom is 0.163 e. The van der Waals surface area contributed by atoms with Crippen LogP contribution in [0.3, 0.4) is 0 Å². The average Bonchev–Trinajstić information content (AvgIpc) is 2.74. The molecule has 0 aliphatic rings. The van der Waals surface area contributed by atoms with Crippen molar-refractivity contribution in [3.63, 3.8) is 0 Å². The molecule has 0 unspecified atom stereocenters. The Balaban J connectivity index is 2.31. The predicted octanol–water partition coefficient (Wildman–Crippen LogP) is 7.03. The maximum absolute atomic E-state index is 6.23. The van der Waals surface area contributed by atoms with Gasteiger partial charge in [0.2, 0.25) is 0 Å². The average molecular weight is 450 g/mol. The van der Waals surface area contributed by atoms with Crippen LogP contribution < -0.4 is 14.8 Å². The van der Waals surface area contributed by atoms with E-state index in [0.717, 1.165) is 30.2 Å². The van der Waals surface area contributed by atoms with E-state index < -0.39 is 0 Å². The van der Waals surface area contributed by atoms with E-state index in [1.54, 1.807) is 13.2 Å². The van der Waals surface area contributed by atoms with Gasteiger partial charge in [-0.05, 0) is 24.5 Å². The molecule has 162 valence electrons. The number of nitrogens with zero attached hydrogens (tertiary/aromatic N) is 2. The van der Waals surface area contributed by atoms with E-state index in [1.165, 1.54) is 6.33 Å². The highest BCUT2D eigenvalue weighted by molar-refractivity contribution is 6.44. The van der Waals surface area contributed by atoms with Crippen molar-refractivity contribution < 1.29 is 9.47 Å². The molecule has 0 fully saturated rings. The molecule has 0 atom stereocenters. The highest BCUT2D eigenvalue weighted by Crippen LogP contribution is 2.35. The van der Waals surface area contributed by atoms with Crippen LogP contribution in [0.4, 0.5) is 5.82 Å². The number of rotatable bonds is 11. The predicted molar refractivity (Wildman–Crippen MR) is 127 cm³/mol. The first-order valence-corrected chi connectivity index (χ1v) is 10.8. The van der Waals surface area contributed by atoms with Crippen molar-refractivity contribution in [3.05, 3.63) is 53.0 Å². The fraction of sp³-hybridized carbons (Fsp3) is 0.391. The highest BCUT2D eigenvalue weighted by atomic mass is 35.5. The van der Waals surface area contributed by atoms with Gasteiger partial charge in [-0.25, -0.2) is 9.97 Å². The second-order valence-electron chi connectivity index (χ2n) is 6.84. The Morgan fingerprint density at radius 3 is 2.50 bits per heavy atom. The summed E-state index contributed by atoms with van der Waals surface area (Å²) in [6.07, 6.45) is 7.91. The molecule has 0 radical (unpaired) electrons. The van der Waals surface area contributed by atoms with Crippen molar-refractivity contribution >= 4 is 39.9 Å². The summed E-state index contributed by atoms with van der Waals surface area (Å²) >= 11 is 12.4. The number of nitrogens with one attached hydrogen (secondary N) is 1. The zero-order chi connectivity index (χ0) is 22.1. The van der Waals surface area contributed by atoms with Gasteiger partial charge < -0.3 is 14.8 Å². The van der Waals surface area contributed by atoms with Gasteiger partial charge in [-0.3, -0.25) is 0 Å². The minimum absolute atomic E-state index is 0.407. The second-order valence-corrected chi connectivity index (χ2v) is 7.65. The summed E-state index contributed by atoms with van der Waals surface area (Å²) < 4.78 is 11.6. The standard InChI is InChI=1S/C23H29Cl2N3O2/c1-6-9-18(24)19(25)10-15(4)28-23-17-11-21(29-5)22(12-20(17)26-14-27-23)30-13-16(7-2)8-3/h9-12,14,16H,4,6-8,13H2,1-3,5H3,(H,26,27,28)/b18-9+,19-10+. The Morgan fingerprint density at radius 1 is 1.13 bits per heavy atom. The third-order valence-corrected chi connectivity index (χ3v) is 5.51. The quantitative estimate of drug-likeness (QED) is 0.372. The number of aromatic nitrogens is 2. The summed E-state index contributed by atoms with van der Waals surface area (Å²) in [5.41, 5.74) is 1.29. The van der Waals surface area contributed by atoms with Crippen molar-refractivity contribution in [1.29, 1.82) is 0 Å². The van der Waals surface area contributed by atoms with Crippen LogP contribution >= 0.6 is 23.2 Å². The molecule has 0 bridgehead atoms. The molecule has 0 saturated heterocycles. The fourth-order valence-electron chi connectivity index (χ4n) is 2.85. The van der Waals surface area contributed by atoms with Gasteiger partial charge in [-0.2, -0.15) is 0 Å². The number of benzene rings is 1. The monoisotopic (exact) mass is 449 g/mol. The van der Waals surface area contributed by atoms with Crippen LogP contribution in [0.1, 0.15) is 40.0 Å². The normalized spacial score (nSPS) is 12.4. The molecular formula is C23H29Cl2N3O2. The molecule has 2 aromatic rings. The lowest BCUT2D eigenvalue weighted by molar-refractivity contribution is 0.231. The van der Waals surface area contributed by atoms with Gasteiger partial charge in [-0.15, -0.1) is 0 Å². The van der Waals surface area contributed by atoms with E-state index in [4.69, 9.17) is 32.7 Å². The number of halogens is 2. The van der Waals surface area contributed by atoms with Crippen molar-refractivity contribution in [1.82, 2.24) is 9.97 Å². The topological polar surface area (TPSA) is 56.3 Å². The summed E-state index contributed by atoms with van der Waals surface area (Å²) in [7, 11) is 1.62. The molecule has 30 heavy (non-hydrogen) atoms. The zero-order valence-corrected chi connectivity index (χ0v) is 19.5. The van der Waals surface area contributed by atoms with Crippen LogP contribution in [0.25, 0.3) is 10.9 Å².